The van der Waals surface area contributed by atoms with Crippen molar-refractivity contribution in [1.29, 1.82) is 0 Å². The first-order valence-corrected chi connectivity index (χ1v) is 6.24. The topological polar surface area (TPSA) is 65.1 Å². The first-order chi connectivity index (χ1) is 9.80. The monoisotopic (exact) mass is 300 g/mol. The number of nitrogens with one attached hydrogen (secondary N) is 1. The van der Waals surface area contributed by atoms with Gasteiger partial charge in [0, 0.05) is 12.7 Å². The van der Waals surface area contributed by atoms with Gasteiger partial charge in [-0.25, -0.2) is 0 Å². The first-order valence-electron chi connectivity index (χ1n) is 6.24. The van der Waals surface area contributed by atoms with Gasteiger partial charge in [-0.15, -0.1) is 13.2 Å². The maximum Gasteiger partial charge on any atom is 0.573 e. The molecule has 0 radical (unpaired) electrons. The molecule has 0 fully saturated rings. The average molecular weight is 300 g/mol. The number of alkyl halides is 3. The Labute approximate surface area is 119 Å². The Balaban J connectivity index is 2.16. The summed E-state index contributed by atoms with van der Waals surface area (Å²) in [4.78, 5) is 0. The molecule has 0 amide bonds. The van der Waals surface area contributed by atoms with Crippen LogP contribution < -0.4 is 15.8 Å². The molecule has 1 aromatic heterocycles. The molecular weight excluding hydrogens is 285 g/mol. The number of rotatable bonds is 4. The second-order valence-electron chi connectivity index (χ2n) is 4.38. The molecule has 114 valence electrons. The van der Waals surface area contributed by atoms with Gasteiger partial charge in [0.05, 0.1) is 11.4 Å². The number of nitrogen functional groups attached to an aromatic ring is 1. The van der Waals surface area contributed by atoms with Crippen LogP contribution in [0.5, 0.6) is 5.75 Å². The highest BCUT2D eigenvalue weighted by Gasteiger charge is 2.30. The van der Waals surface area contributed by atoms with E-state index in [1.54, 1.807) is 11.7 Å². The molecule has 3 N–H and O–H groups in total. The zero-order valence-corrected chi connectivity index (χ0v) is 11.5. The largest absolute Gasteiger partial charge is 0.573 e. The molecule has 21 heavy (non-hydrogen) atoms. The molecule has 1 heterocycles. The van der Waals surface area contributed by atoms with Gasteiger partial charge >= 0.3 is 6.36 Å². The Bertz CT molecular complexity index is 620. The highest BCUT2D eigenvalue weighted by atomic mass is 19.4. The number of hydrogen-bond donors (Lipinski definition) is 2. The van der Waals surface area contributed by atoms with E-state index in [4.69, 9.17) is 5.73 Å². The van der Waals surface area contributed by atoms with Crippen LogP contribution in [0.1, 0.15) is 12.6 Å². The predicted molar refractivity (Wildman–Crippen MR) is 73.4 cm³/mol. The third kappa shape index (κ3) is 3.59. The van der Waals surface area contributed by atoms with Gasteiger partial charge in [0.2, 0.25) is 0 Å². The second-order valence-corrected chi connectivity index (χ2v) is 4.38. The summed E-state index contributed by atoms with van der Waals surface area (Å²) in [6, 6.07) is 5.39. The maximum atomic E-state index is 12.1. The van der Waals surface area contributed by atoms with Crippen molar-refractivity contribution in [2.24, 2.45) is 7.05 Å². The smallest absolute Gasteiger partial charge is 0.406 e. The number of halogens is 3. The zero-order valence-electron chi connectivity index (χ0n) is 11.5. The van der Waals surface area contributed by atoms with Crippen LogP contribution in [-0.4, -0.2) is 16.1 Å². The molecule has 0 aliphatic heterocycles. The van der Waals surface area contributed by atoms with Crippen molar-refractivity contribution in [2.45, 2.75) is 19.7 Å². The van der Waals surface area contributed by atoms with Crippen LogP contribution in [0.4, 0.5) is 30.4 Å². The van der Waals surface area contributed by atoms with E-state index in [9.17, 15) is 13.2 Å². The Kier molecular flexibility index (Phi) is 3.97. The average Bonchev–Trinajstić information content (AvgIpc) is 2.66. The van der Waals surface area contributed by atoms with Crippen LogP contribution in [0.3, 0.4) is 0 Å². The van der Waals surface area contributed by atoms with Crippen molar-refractivity contribution < 1.29 is 17.9 Å². The lowest BCUT2D eigenvalue weighted by Crippen LogP contribution is -2.17. The molecule has 0 bridgehead atoms. The van der Waals surface area contributed by atoms with Gasteiger partial charge in [-0.1, -0.05) is 6.92 Å². The van der Waals surface area contributed by atoms with Crippen LogP contribution in [0.2, 0.25) is 0 Å². The number of ether oxygens (including phenoxy) is 1. The fraction of sp³-hybridized carbons (Fsp3) is 0.308. The summed E-state index contributed by atoms with van der Waals surface area (Å²) in [6.45, 7) is 1.94. The van der Waals surface area contributed by atoms with Crippen LogP contribution in [-0.2, 0) is 13.5 Å². The van der Waals surface area contributed by atoms with Gasteiger partial charge in [-0.3, -0.25) is 4.68 Å². The van der Waals surface area contributed by atoms with Gasteiger partial charge in [0.15, 0.2) is 5.82 Å². The number of nitrogens with zero attached hydrogens (tertiary/aromatic N) is 2. The molecule has 0 aliphatic rings. The molecule has 0 unspecified atom stereocenters. The highest BCUT2D eigenvalue weighted by Crippen LogP contribution is 2.28. The van der Waals surface area contributed by atoms with Crippen molar-refractivity contribution in [1.82, 2.24) is 9.78 Å². The van der Waals surface area contributed by atoms with Crippen molar-refractivity contribution in [3.63, 3.8) is 0 Å². The summed E-state index contributed by atoms with van der Waals surface area (Å²) in [6.07, 6.45) is -4.00. The number of aromatic nitrogens is 2. The third-order valence-corrected chi connectivity index (χ3v) is 2.85. The Hall–Kier alpha value is -2.38. The van der Waals surface area contributed by atoms with Gasteiger partial charge in [-0.05, 0) is 30.7 Å². The van der Waals surface area contributed by atoms with Crippen molar-refractivity contribution >= 4 is 17.2 Å². The molecule has 8 heteroatoms. The van der Waals surface area contributed by atoms with E-state index in [0.29, 0.717) is 23.6 Å². The molecule has 5 nitrogen and oxygen atoms in total. The lowest BCUT2D eigenvalue weighted by atomic mass is 10.2. The minimum atomic E-state index is -4.70. The van der Waals surface area contributed by atoms with Gasteiger partial charge in [0.1, 0.15) is 5.75 Å². The van der Waals surface area contributed by atoms with Crippen LogP contribution in [0, 0.1) is 0 Å². The van der Waals surface area contributed by atoms with E-state index in [1.807, 2.05) is 6.92 Å². The molecule has 2 aromatic rings. The fourth-order valence-corrected chi connectivity index (χ4v) is 1.88. The molecule has 2 rings (SSSR count). The maximum absolute atomic E-state index is 12.1. The van der Waals surface area contributed by atoms with Crippen molar-refractivity contribution in [3.05, 3.63) is 30.0 Å². The molecule has 1 aromatic carbocycles. The first kappa shape index (κ1) is 15.0. The minimum Gasteiger partial charge on any atom is -0.406 e. The number of benzene rings is 1. The molecule has 0 saturated heterocycles. The van der Waals surface area contributed by atoms with E-state index in [0.717, 1.165) is 5.69 Å². The summed E-state index contributed by atoms with van der Waals surface area (Å²) in [5, 5.41) is 7.27. The van der Waals surface area contributed by atoms with E-state index in [-0.39, 0.29) is 5.75 Å². The van der Waals surface area contributed by atoms with E-state index < -0.39 is 6.36 Å². The molecular formula is C13H15F3N4O. The highest BCUT2D eigenvalue weighted by molar-refractivity contribution is 5.71. The standard InChI is InChI=1S/C13H15F3N4O/c1-3-10-11(17)12(20(2)19-10)18-8-4-6-9(7-5-8)21-13(14,15)16/h4-7,18H,3,17H2,1-2H3. The predicted octanol–water partition coefficient (Wildman–Crippen LogP) is 3.21. The summed E-state index contributed by atoms with van der Waals surface area (Å²) >= 11 is 0. The summed E-state index contributed by atoms with van der Waals surface area (Å²) in [5.74, 6) is 0.316. The summed E-state index contributed by atoms with van der Waals surface area (Å²) in [7, 11) is 1.74. The van der Waals surface area contributed by atoms with Crippen LogP contribution in [0.15, 0.2) is 24.3 Å². The zero-order chi connectivity index (χ0) is 15.6. The Morgan fingerprint density at radius 2 is 1.90 bits per heavy atom. The van der Waals surface area contributed by atoms with Crippen molar-refractivity contribution in [3.8, 4) is 5.75 Å². The molecule has 0 atom stereocenters. The van der Waals surface area contributed by atoms with Crippen molar-refractivity contribution in [2.75, 3.05) is 11.1 Å². The SMILES string of the molecule is CCc1nn(C)c(Nc2ccc(OC(F)(F)F)cc2)c1N. The Morgan fingerprint density at radius 1 is 1.29 bits per heavy atom. The number of anilines is 3. The lowest BCUT2D eigenvalue weighted by molar-refractivity contribution is -0.274. The van der Waals surface area contributed by atoms with E-state index in [1.165, 1.54) is 24.3 Å². The molecule has 0 saturated carbocycles. The van der Waals surface area contributed by atoms with E-state index >= 15 is 0 Å². The lowest BCUT2D eigenvalue weighted by Gasteiger charge is -2.11. The molecule has 0 spiro atoms. The fourth-order valence-electron chi connectivity index (χ4n) is 1.88. The quantitative estimate of drug-likeness (QED) is 0.910. The number of aryl methyl sites for hydroxylation is 2. The Morgan fingerprint density at radius 3 is 2.38 bits per heavy atom. The van der Waals surface area contributed by atoms with Gasteiger partial charge in [-0.2, -0.15) is 5.10 Å². The molecule has 0 aliphatic carbocycles. The normalized spacial score (nSPS) is 11.5. The number of hydrogen-bond acceptors (Lipinski definition) is 4. The summed E-state index contributed by atoms with van der Waals surface area (Å²) < 4.78 is 41.6. The van der Waals surface area contributed by atoms with Crippen LogP contribution in [0.25, 0.3) is 0 Å². The second kappa shape index (κ2) is 5.55. The minimum absolute atomic E-state index is 0.278. The summed E-state index contributed by atoms with van der Waals surface area (Å²) in [5.41, 5.74) is 7.83. The third-order valence-electron chi connectivity index (χ3n) is 2.85. The number of nitrogens with two attached hydrogens (primary N) is 1. The van der Waals surface area contributed by atoms with Gasteiger partial charge in [0.25, 0.3) is 0 Å². The van der Waals surface area contributed by atoms with Gasteiger partial charge < -0.3 is 15.8 Å². The van der Waals surface area contributed by atoms with Crippen LogP contribution >= 0.6 is 0 Å². The van der Waals surface area contributed by atoms with E-state index in [2.05, 4.69) is 15.2 Å².